The van der Waals surface area contributed by atoms with Crippen LogP contribution >= 0.6 is 24.0 Å². The average molecular weight is 517 g/mol. The molecule has 0 aliphatic carbocycles. The Labute approximate surface area is 176 Å². The summed E-state index contributed by atoms with van der Waals surface area (Å²) in [5.74, 6) is -0.553. The van der Waals surface area contributed by atoms with Gasteiger partial charge < -0.3 is 15.5 Å². The lowest BCUT2D eigenvalue weighted by Crippen LogP contribution is -2.45. The Balaban J connectivity index is 0.00000364. The maximum absolute atomic E-state index is 13.9. The number of hydrogen-bond donors (Lipinski definition) is 3. The van der Waals surface area contributed by atoms with Crippen LogP contribution in [0.25, 0.3) is 0 Å². The fourth-order valence-electron chi connectivity index (χ4n) is 2.81. The number of guanidine groups is 1. The standard InChI is InChI=1S/C16H25F2N5O2S.HI/c1-19-16(20-8-4-9-21-26(2,24)25)22-12-7-10-23(11-12)15-13(17)5-3-6-14(15)18;/h3,5-6,12,21H,4,7-11H2,1-2H3,(H2,19,20,22);1H. The van der Waals surface area contributed by atoms with Gasteiger partial charge in [0.25, 0.3) is 0 Å². The van der Waals surface area contributed by atoms with E-state index >= 15 is 0 Å². The number of sulfonamides is 1. The van der Waals surface area contributed by atoms with Crippen LogP contribution in [0.4, 0.5) is 14.5 Å². The summed E-state index contributed by atoms with van der Waals surface area (Å²) in [5.41, 5.74) is 0.00611. The second-order valence-electron chi connectivity index (χ2n) is 6.17. The zero-order chi connectivity index (χ0) is 19.2. The predicted molar refractivity (Wildman–Crippen MR) is 114 cm³/mol. The van der Waals surface area contributed by atoms with Crippen molar-refractivity contribution in [3.63, 3.8) is 0 Å². The maximum atomic E-state index is 13.9. The van der Waals surface area contributed by atoms with Gasteiger partial charge in [-0.2, -0.15) is 0 Å². The van der Waals surface area contributed by atoms with Crippen molar-refractivity contribution in [2.24, 2.45) is 4.99 Å². The molecule has 0 spiro atoms. The highest BCUT2D eigenvalue weighted by atomic mass is 127. The average Bonchev–Trinajstić information content (AvgIpc) is 3.00. The number of benzene rings is 1. The normalized spacial score (nSPS) is 17.6. The number of rotatable bonds is 7. The second-order valence-corrected chi connectivity index (χ2v) is 8.00. The van der Waals surface area contributed by atoms with Crippen LogP contribution in [-0.4, -0.2) is 59.9 Å². The van der Waals surface area contributed by atoms with Crippen molar-refractivity contribution >= 4 is 45.6 Å². The Morgan fingerprint density at radius 3 is 2.56 bits per heavy atom. The van der Waals surface area contributed by atoms with Crippen molar-refractivity contribution in [1.29, 1.82) is 0 Å². The molecule has 0 aromatic heterocycles. The van der Waals surface area contributed by atoms with E-state index in [4.69, 9.17) is 0 Å². The molecule has 0 saturated carbocycles. The van der Waals surface area contributed by atoms with Gasteiger partial charge in [-0.25, -0.2) is 21.9 Å². The van der Waals surface area contributed by atoms with Gasteiger partial charge in [-0.1, -0.05) is 6.07 Å². The summed E-state index contributed by atoms with van der Waals surface area (Å²) in [6, 6.07) is 3.87. The molecule has 2 rings (SSSR count). The van der Waals surface area contributed by atoms with E-state index in [9.17, 15) is 17.2 Å². The van der Waals surface area contributed by atoms with Crippen LogP contribution in [0.2, 0.25) is 0 Å². The van der Waals surface area contributed by atoms with Crippen molar-refractivity contribution in [3.05, 3.63) is 29.8 Å². The molecule has 1 atom stereocenters. The van der Waals surface area contributed by atoms with Crippen LogP contribution in [0.15, 0.2) is 23.2 Å². The van der Waals surface area contributed by atoms with Crippen molar-refractivity contribution in [2.45, 2.75) is 18.9 Å². The minimum Gasteiger partial charge on any atom is -0.365 e. The van der Waals surface area contributed by atoms with Crippen molar-refractivity contribution in [1.82, 2.24) is 15.4 Å². The van der Waals surface area contributed by atoms with Crippen LogP contribution in [0, 0.1) is 11.6 Å². The largest absolute Gasteiger partial charge is 0.365 e. The first kappa shape index (κ1) is 23.8. The van der Waals surface area contributed by atoms with Crippen LogP contribution in [0.5, 0.6) is 0 Å². The van der Waals surface area contributed by atoms with Gasteiger partial charge in [0.15, 0.2) is 5.96 Å². The highest BCUT2D eigenvalue weighted by molar-refractivity contribution is 14.0. The molecular weight excluding hydrogens is 491 g/mol. The Kier molecular flexibility index (Phi) is 9.67. The van der Waals surface area contributed by atoms with Gasteiger partial charge in [0.2, 0.25) is 10.0 Å². The van der Waals surface area contributed by atoms with Gasteiger partial charge in [0.05, 0.1) is 6.26 Å². The number of halogens is 3. The Hall–Kier alpha value is -1.21. The fraction of sp³-hybridized carbons (Fsp3) is 0.562. The van der Waals surface area contributed by atoms with E-state index < -0.39 is 21.7 Å². The number of aliphatic imine (C=N–C) groups is 1. The quantitative estimate of drug-likeness (QED) is 0.220. The van der Waals surface area contributed by atoms with E-state index in [1.54, 1.807) is 11.9 Å². The van der Waals surface area contributed by atoms with E-state index in [-0.39, 0.29) is 35.7 Å². The van der Waals surface area contributed by atoms with Crippen molar-refractivity contribution in [2.75, 3.05) is 44.4 Å². The second kappa shape index (κ2) is 11.0. The fourth-order valence-corrected chi connectivity index (χ4v) is 3.33. The van der Waals surface area contributed by atoms with Gasteiger partial charge in [0.1, 0.15) is 17.3 Å². The number of nitrogens with one attached hydrogen (secondary N) is 3. The lowest BCUT2D eigenvalue weighted by atomic mass is 10.2. The number of hydrogen-bond acceptors (Lipinski definition) is 4. The van der Waals surface area contributed by atoms with E-state index in [1.807, 2.05) is 0 Å². The first-order valence-electron chi connectivity index (χ1n) is 8.41. The predicted octanol–water partition coefficient (Wildman–Crippen LogP) is 1.27. The first-order chi connectivity index (χ1) is 12.3. The highest BCUT2D eigenvalue weighted by Crippen LogP contribution is 2.26. The lowest BCUT2D eigenvalue weighted by Gasteiger charge is -2.21. The molecule has 1 aliphatic rings. The third-order valence-electron chi connectivity index (χ3n) is 4.02. The van der Waals surface area contributed by atoms with Gasteiger partial charge >= 0.3 is 0 Å². The highest BCUT2D eigenvalue weighted by Gasteiger charge is 2.27. The summed E-state index contributed by atoms with van der Waals surface area (Å²) in [6.07, 6.45) is 2.44. The topological polar surface area (TPSA) is 85.8 Å². The summed E-state index contributed by atoms with van der Waals surface area (Å²) < 4.78 is 52.2. The first-order valence-corrected chi connectivity index (χ1v) is 10.3. The minimum absolute atomic E-state index is 0. The van der Waals surface area contributed by atoms with E-state index in [1.165, 1.54) is 18.2 Å². The van der Waals surface area contributed by atoms with Crippen LogP contribution in [0.3, 0.4) is 0 Å². The summed E-state index contributed by atoms with van der Waals surface area (Å²) in [5, 5.41) is 6.32. The summed E-state index contributed by atoms with van der Waals surface area (Å²) in [4.78, 5) is 5.81. The van der Waals surface area contributed by atoms with Crippen LogP contribution in [-0.2, 0) is 10.0 Å². The molecule has 11 heteroatoms. The summed E-state index contributed by atoms with van der Waals surface area (Å²) in [7, 11) is -1.55. The van der Waals surface area contributed by atoms with Crippen LogP contribution in [0.1, 0.15) is 12.8 Å². The van der Waals surface area contributed by atoms with Gasteiger partial charge in [-0.05, 0) is 25.0 Å². The smallest absolute Gasteiger partial charge is 0.208 e. The SMILES string of the molecule is CN=C(NCCCNS(C)(=O)=O)NC1CCN(c2c(F)cccc2F)C1.I. The van der Waals surface area contributed by atoms with Gasteiger partial charge in [0, 0.05) is 39.3 Å². The van der Waals surface area contributed by atoms with Crippen molar-refractivity contribution in [3.8, 4) is 0 Å². The minimum atomic E-state index is -3.18. The molecule has 27 heavy (non-hydrogen) atoms. The number of anilines is 1. The molecule has 1 unspecified atom stereocenters. The van der Waals surface area contributed by atoms with E-state index in [2.05, 4.69) is 20.3 Å². The molecule has 0 radical (unpaired) electrons. The Morgan fingerprint density at radius 2 is 1.96 bits per heavy atom. The summed E-state index contributed by atoms with van der Waals surface area (Å²) in [6.45, 7) is 1.89. The summed E-state index contributed by atoms with van der Waals surface area (Å²) >= 11 is 0. The molecule has 0 bridgehead atoms. The molecule has 3 N–H and O–H groups in total. The Morgan fingerprint density at radius 1 is 1.30 bits per heavy atom. The number of para-hydroxylation sites is 1. The third kappa shape index (κ3) is 7.74. The molecule has 7 nitrogen and oxygen atoms in total. The van der Waals surface area contributed by atoms with Crippen LogP contribution < -0.4 is 20.3 Å². The molecule has 1 heterocycles. The number of nitrogens with zero attached hydrogens (tertiary/aromatic N) is 2. The van der Waals surface area contributed by atoms with E-state index in [0.717, 1.165) is 12.7 Å². The molecule has 1 aromatic rings. The molecule has 0 amide bonds. The molecule has 1 aliphatic heterocycles. The molecule has 1 saturated heterocycles. The zero-order valence-electron chi connectivity index (χ0n) is 15.3. The molecular formula is C16H26F2IN5O2S. The molecule has 154 valence electrons. The molecule has 1 aromatic carbocycles. The third-order valence-corrected chi connectivity index (χ3v) is 4.75. The van der Waals surface area contributed by atoms with E-state index in [0.29, 0.717) is 38.6 Å². The zero-order valence-corrected chi connectivity index (χ0v) is 18.5. The van der Waals surface area contributed by atoms with Gasteiger partial charge in [-0.15, -0.1) is 24.0 Å². The maximum Gasteiger partial charge on any atom is 0.208 e. The Bertz CT molecular complexity index is 728. The lowest BCUT2D eigenvalue weighted by molar-refractivity contribution is 0.575. The molecule has 1 fully saturated rings. The monoisotopic (exact) mass is 517 g/mol. The van der Waals surface area contributed by atoms with Gasteiger partial charge in [-0.3, -0.25) is 4.99 Å². The van der Waals surface area contributed by atoms with Crippen molar-refractivity contribution < 1.29 is 17.2 Å².